The molecule has 90 valence electrons. The first-order valence-corrected chi connectivity index (χ1v) is 5.74. The Kier molecular flexibility index (Phi) is 2.30. The number of fused-ring (bicyclic) bond motifs is 1. The number of nitrogens with zero attached hydrogens (tertiary/aromatic N) is 3. The lowest BCUT2D eigenvalue weighted by Gasteiger charge is -2.07. The van der Waals surface area contributed by atoms with Crippen molar-refractivity contribution in [2.24, 2.45) is 14.1 Å². The number of aromatic nitrogens is 3. The summed E-state index contributed by atoms with van der Waals surface area (Å²) in [4.78, 5) is 12.1. The van der Waals surface area contributed by atoms with Crippen LogP contribution in [0.1, 0.15) is 0 Å². The highest BCUT2D eigenvalue weighted by Gasteiger charge is 2.09. The Morgan fingerprint density at radius 1 is 1.06 bits per heavy atom. The Bertz CT molecular complexity index is 783. The van der Waals surface area contributed by atoms with Crippen LogP contribution in [0.15, 0.2) is 47.7 Å². The van der Waals surface area contributed by atoms with E-state index in [1.165, 1.54) is 0 Å². The van der Waals surface area contributed by atoms with E-state index in [0.717, 1.165) is 21.9 Å². The van der Waals surface area contributed by atoms with E-state index in [1.807, 2.05) is 49.9 Å². The molecule has 1 aromatic carbocycles. The van der Waals surface area contributed by atoms with E-state index in [9.17, 15) is 4.79 Å². The third-order valence-corrected chi connectivity index (χ3v) is 3.11. The highest BCUT2D eigenvalue weighted by atomic mass is 16.1. The summed E-state index contributed by atoms with van der Waals surface area (Å²) >= 11 is 0. The van der Waals surface area contributed by atoms with E-state index in [1.54, 1.807) is 16.3 Å². The summed E-state index contributed by atoms with van der Waals surface area (Å²) in [5.74, 6) is 0. The van der Waals surface area contributed by atoms with Crippen molar-refractivity contribution in [1.82, 2.24) is 14.3 Å². The third kappa shape index (κ3) is 1.54. The topological polar surface area (TPSA) is 39.8 Å². The van der Waals surface area contributed by atoms with Crippen LogP contribution in [0, 0.1) is 0 Å². The molecule has 3 rings (SSSR count). The molecule has 0 atom stereocenters. The predicted molar refractivity (Wildman–Crippen MR) is 71.4 cm³/mol. The predicted octanol–water partition coefficient (Wildman–Crippen LogP) is 1.94. The molecule has 0 aliphatic rings. The first-order valence-electron chi connectivity index (χ1n) is 5.74. The van der Waals surface area contributed by atoms with Crippen LogP contribution in [-0.2, 0) is 14.1 Å². The van der Waals surface area contributed by atoms with Gasteiger partial charge in [0.05, 0.1) is 6.20 Å². The molecule has 0 saturated carbocycles. The molecule has 0 N–H and O–H groups in total. The van der Waals surface area contributed by atoms with Crippen molar-refractivity contribution in [1.29, 1.82) is 0 Å². The summed E-state index contributed by atoms with van der Waals surface area (Å²) in [6.07, 6.45) is 5.63. The van der Waals surface area contributed by atoms with Gasteiger partial charge >= 0.3 is 0 Å². The second-order valence-corrected chi connectivity index (χ2v) is 4.41. The summed E-state index contributed by atoms with van der Waals surface area (Å²) in [5.41, 5.74) is 2.07. The van der Waals surface area contributed by atoms with Crippen LogP contribution < -0.4 is 5.56 Å². The van der Waals surface area contributed by atoms with Crippen LogP contribution >= 0.6 is 0 Å². The lowest BCUT2D eigenvalue weighted by Crippen LogP contribution is -2.16. The van der Waals surface area contributed by atoms with Crippen molar-refractivity contribution in [3.8, 4) is 11.1 Å². The van der Waals surface area contributed by atoms with Gasteiger partial charge in [0.25, 0.3) is 5.56 Å². The Morgan fingerprint density at radius 2 is 1.78 bits per heavy atom. The molecular weight excluding hydrogens is 226 g/mol. The number of rotatable bonds is 1. The molecule has 0 radical (unpaired) electrons. The third-order valence-electron chi connectivity index (χ3n) is 3.11. The molecule has 0 aliphatic carbocycles. The first-order chi connectivity index (χ1) is 8.66. The highest BCUT2D eigenvalue weighted by Crippen LogP contribution is 2.25. The number of hydrogen-bond donors (Lipinski definition) is 0. The second kappa shape index (κ2) is 3.84. The minimum absolute atomic E-state index is 0.0261. The zero-order valence-corrected chi connectivity index (χ0v) is 10.3. The van der Waals surface area contributed by atoms with Crippen molar-refractivity contribution in [3.63, 3.8) is 0 Å². The Labute approximate surface area is 104 Å². The van der Waals surface area contributed by atoms with E-state index in [-0.39, 0.29) is 5.56 Å². The molecule has 0 unspecified atom stereocenters. The molecule has 0 saturated heterocycles. The molecule has 2 aromatic heterocycles. The van der Waals surface area contributed by atoms with Gasteiger partial charge in [-0.05, 0) is 11.5 Å². The Hall–Kier alpha value is -2.36. The molecule has 0 bridgehead atoms. The van der Waals surface area contributed by atoms with Crippen molar-refractivity contribution in [2.75, 3.05) is 0 Å². The van der Waals surface area contributed by atoms with Gasteiger partial charge in [0.2, 0.25) is 0 Å². The smallest absolute Gasteiger partial charge is 0.258 e. The summed E-state index contributed by atoms with van der Waals surface area (Å²) in [7, 11) is 3.66. The van der Waals surface area contributed by atoms with Crippen LogP contribution in [0.2, 0.25) is 0 Å². The van der Waals surface area contributed by atoms with E-state index >= 15 is 0 Å². The molecular formula is C14H13N3O. The van der Waals surface area contributed by atoms with Crippen LogP contribution in [-0.4, -0.2) is 14.3 Å². The van der Waals surface area contributed by atoms with Gasteiger partial charge in [-0.2, -0.15) is 5.10 Å². The minimum Gasteiger partial charge on any atom is -0.317 e. The van der Waals surface area contributed by atoms with E-state index in [2.05, 4.69) is 5.10 Å². The minimum atomic E-state index is 0.0261. The standard InChI is InChI=1S/C14H13N3O/c1-16-9-13(10-7-15-17(2)8-10)11-5-3-4-6-12(11)14(16)18/h3-9H,1-2H3. The van der Waals surface area contributed by atoms with Crippen LogP contribution in [0.5, 0.6) is 0 Å². The zero-order chi connectivity index (χ0) is 12.7. The second-order valence-electron chi connectivity index (χ2n) is 4.41. The van der Waals surface area contributed by atoms with Crippen LogP contribution in [0.3, 0.4) is 0 Å². The molecule has 2 heterocycles. The molecule has 4 heteroatoms. The normalized spacial score (nSPS) is 11.0. The van der Waals surface area contributed by atoms with Crippen LogP contribution in [0.25, 0.3) is 21.9 Å². The Morgan fingerprint density at radius 3 is 2.44 bits per heavy atom. The van der Waals surface area contributed by atoms with Crippen molar-refractivity contribution in [2.45, 2.75) is 0 Å². The lowest BCUT2D eigenvalue weighted by molar-refractivity contribution is 0.768. The quantitative estimate of drug-likeness (QED) is 0.651. The van der Waals surface area contributed by atoms with Crippen molar-refractivity contribution >= 4 is 10.8 Å². The summed E-state index contributed by atoms with van der Waals surface area (Å²) in [6, 6.07) is 7.66. The van der Waals surface area contributed by atoms with Gasteiger partial charge in [-0.3, -0.25) is 9.48 Å². The maximum atomic E-state index is 12.1. The largest absolute Gasteiger partial charge is 0.317 e. The first kappa shape index (κ1) is 10.8. The fourth-order valence-electron chi connectivity index (χ4n) is 2.21. The van der Waals surface area contributed by atoms with Gasteiger partial charge in [-0.25, -0.2) is 0 Å². The molecule has 3 aromatic rings. The van der Waals surface area contributed by atoms with E-state index < -0.39 is 0 Å². The van der Waals surface area contributed by atoms with Crippen molar-refractivity contribution < 1.29 is 0 Å². The average Bonchev–Trinajstić information content (AvgIpc) is 2.80. The van der Waals surface area contributed by atoms with E-state index in [0.29, 0.717) is 0 Å². The van der Waals surface area contributed by atoms with Gasteiger partial charge in [0.1, 0.15) is 0 Å². The SMILES string of the molecule is Cn1cc(-c2cn(C)c(=O)c3ccccc23)cn1. The maximum absolute atomic E-state index is 12.1. The zero-order valence-electron chi connectivity index (χ0n) is 10.3. The van der Waals surface area contributed by atoms with Crippen molar-refractivity contribution in [3.05, 3.63) is 53.2 Å². The number of benzene rings is 1. The number of aryl methyl sites for hydroxylation is 2. The molecule has 0 amide bonds. The highest BCUT2D eigenvalue weighted by molar-refractivity contribution is 5.95. The molecule has 18 heavy (non-hydrogen) atoms. The van der Waals surface area contributed by atoms with Gasteiger partial charge in [0, 0.05) is 43.0 Å². The van der Waals surface area contributed by atoms with Gasteiger partial charge in [-0.15, -0.1) is 0 Å². The van der Waals surface area contributed by atoms with Crippen LogP contribution in [0.4, 0.5) is 0 Å². The fourth-order valence-corrected chi connectivity index (χ4v) is 2.21. The summed E-state index contributed by atoms with van der Waals surface area (Å²) < 4.78 is 3.37. The van der Waals surface area contributed by atoms with E-state index in [4.69, 9.17) is 0 Å². The number of pyridine rings is 1. The summed E-state index contributed by atoms with van der Waals surface area (Å²) in [6.45, 7) is 0. The van der Waals surface area contributed by atoms with Gasteiger partial charge < -0.3 is 4.57 Å². The Balaban J connectivity index is 2.43. The molecule has 0 fully saturated rings. The van der Waals surface area contributed by atoms with Gasteiger partial charge in [0.15, 0.2) is 0 Å². The lowest BCUT2D eigenvalue weighted by atomic mass is 10.0. The maximum Gasteiger partial charge on any atom is 0.258 e. The molecule has 0 spiro atoms. The number of hydrogen-bond acceptors (Lipinski definition) is 2. The molecule has 4 nitrogen and oxygen atoms in total. The fraction of sp³-hybridized carbons (Fsp3) is 0.143. The van der Waals surface area contributed by atoms with Gasteiger partial charge in [-0.1, -0.05) is 18.2 Å². The monoisotopic (exact) mass is 239 g/mol. The summed E-state index contributed by atoms with van der Waals surface area (Å²) in [5, 5.41) is 5.88. The molecule has 0 aliphatic heterocycles. The average molecular weight is 239 g/mol.